The average molecular weight is 255 g/mol. The Labute approximate surface area is 105 Å². The third-order valence-electron chi connectivity index (χ3n) is 2.43. The molecule has 1 amide bonds. The minimum Gasteiger partial charge on any atom is -0.480 e. The van der Waals surface area contributed by atoms with E-state index in [1.165, 1.54) is 16.2 Å². The Morgan fingerprint density at radius 3 is 2.29 bits per heavy atom. The molecule has 0 atom stereocenters. The van der Waals surface area contributed by atoms with Crippen LogP contribution in [0.2, 0.25) is 0 Å². The van der Waals surface area contributed by atoms with Crippen LogP contribution in [0.25, 0.3) is 0 Å². The van der Waals surface area contributed by atoms with Gasteiger partial charge in [-0.05, 0) is 38.6 Å². The maximum atomic E-state index is 12.3. The highest BCUT2D eigenvalue weighted by molar-refractivity contribution is 7.08. The number of carboxylic acid groups (broad SMARTS) is 1. The van der Waals surface area contributed by atoms with E-state index >= 15 is 0 Å². The van der Waals surface area contributed by atoms with Crippen LogP contribution >= 0.6 is 11.3 Å². The Morgan fingerprint density at radius 2 is 1.94 bits per heavy atom. The molecule has 0 bridgehead atoms. The van der Waals surface area contributed by atoms with Crippen LogP contribution < -0.4 is 0 Å². The van der Waals surface area contributed by atoms with E-state index in [1.54, 1.807) is 5.38 Å². The number of rotatable bonds is 3. The second-order valence-corrected chi connectivity index (χ2v) is 5.67. The molecule has 0 aliphatic carbocycles. The van der Waals surface area contributed by atoms with Crippen molar-refractivity contribution in [1.29, 1.82) is 0 Å². The van der Waals surface area contributed by atoms with Crippen LogP contribution in [0, 0.1) is 6.92 Å². The number of carbonyl (C=O) groups excluding carboxylic acids is 1. The predicted octanol–water partition coefficient (Wildman–Crippen LogP) is 2.38. The lowest BCUT2D eigenvalue weighted by molar-refractivity contribution is -0.138. The van der Waals surface area contributed by atoms with E-state index in [9.17, 15) is 9.59 Å². The van der Waals surface area contributed by atoms with Crippen molar-refractivity contribution in [2.24, 2.45) is 0 Å². The van der Waals surface area contributed by atoms with E-state index in [4.69, 9.17) is 5.11 Å². The molecule has 1 aromatic heterocycles. The summed E-state index contributed by atoms with van der Waals surface area (Å²) in [5.74, 6) is -1.22. The van der Waals surface area contributed by atoms with Crippen molar-refractivity contribution in [3.8, 4) is 0 Å². The Kier molecular flexibility index (Phi) is 3.93. The number of nitrogens with zero attached hydrogens (tertiary/aromatic N) is 1. The predicted molar refractivity (Wildman–Crippen MR) is 67.5 cm³/mol. The summed E-state index contributed by atoms with van der Waals surface area (Å²) < 4.78 is 0. The van der Waals surface area contributed by atoms with Gasteiger partial charge in [0, 0.05) is 10.9 Å². The molecule has 0 saturated carbocycles. The number of thiophene rings is 1. The molecule has 0 radical (unpaired) electrons. The number of hydrogen-bond acceptors (Lipinski definition) is 3. The summed E-state index contributed by atoms with van der Waals surface area (Å²) in [5.41, 5.74) is 0.968. The standard InChI is InChI=1S/C12H17NO3S/c1-8-6-17-7-9(8)11(16)13(5-10(14)15)12(2,3)4/h6-7H,5H2,1-4H3,(H,14,15). The molecule has 1 heterocycles. The number of aryl methyl sites for hydroxylation is 1. The zero-order valence-electron chi connectivity index (χ0n) is 10.5. The summed E-state index contributed by atoms with van der Waals surface area (Å²) in [4.78, 5) is 24.5. The molecule has 0 saturated heterocycles. The van der Waals surface area contributed by atoms with E-state index in [0.29, 0.717) is 5.56 Å². The van der Waals surface area contributed by atoms with E-state index in [-0.39, 0.29) is 12.5 Å². The molecule has 0 aliphatic heterocycles. The number of amides is 1. The van der Waals surface area contributed by atoms with Crippen LogP contribution in [0.1, 0.15) is 36.7 Å². The maximum absolute atomic E-state index is 12.3. The highest BCUT2D eigenvalue weighted by Crippen LogP contribution is 2.21. The van der Waals surface area contributed by atoms with Crippen LogP contribution in [0.3, 0.4) is 0 Å². The van der Waals surface area contributed by atoms with Gasteiger partial charge in [-0.15, -0.1) is 0 Å². The second kappa shape index (κ2) is 4.87. The Morgan fingerprint density at radius 1 is 1.35 bits per heavy atom. The average Bonchev–Trinajstić information content (AvgIpc) is 2.58. The molecule has 5 heteroatoms. The second-order valence-electron chi connectivity index (χ2n) is 4.92. The summed E-state index contributed by atoms with van der Waals surface area (Å²) in [6, 6.07) is 0. The highest BCUT2D eigenvalue weighted by Gasteiger charge is 2.30. The lowest BCUT2D eigenvalue weighted by Crippen LogP contribution is -2.48. The van der Waals surface area contributed by atoms with Gasteiger partial charge in [0.1, 0.15) is 6.54 Å². The molecule has 1 rings (SSSR count). The molecule has 0 fully saturated rings. The van der Waals surface area contributed by atoms with Crippen molar-refractivity contribution >= 4 is 23.2 Å². The van der Waals surface area contributed by atoms with Gasteiger partial charge < -0.3 is 10.0 Å². The first-order valence-electron chi connectivity index (χ1n) is 5.30. The summed E-state index contributed by atoms with van der Waals surface area (Å²) in [6.45, 7) is 7.06. The Bertz CT molecular complexity index is 431. The Balaban J connectivity index is 3.04. The number of aliphatic carboxylic acids is 1. The van der Waals surface area contributed by atoms with Crippen molar-refractivity contribution in [1.82, 2.24) is 4.90 Å². The first-order valence-corrected chi connectivity index (χ1v) is 6.24. The molecular weight excluding hydrogens is 238 g/mol. The number of carboxylic acids is 1. The van der Waals surface area contributed by atoms with E-state index in [0.717, 1.165) is 5.56 Å². The van der Waals surface area contributed by atoms with Crippen LogP contribution in [0.15, 0.2) is 10.8 Å². The topological polar surface area (TPSA) is 57.6 Å². The molecular formula is C12H17NO3S. The van der Waals surface area contributed by atoms with Gasteiger partial charge in [-0.2, -0.15) is 11.3 Å². The minimum atomic E-state index is -0.999. The fourth-order valence-corrected chi connectivity index (χ4v) is 2.30. The van der Waals surface area contributed by atoms with Crippen molar-refractivity contribution in [3.05, 3.63) is 21.9 Å². The van der Waals surface area contributed by atoms with E-state index < -0.39 is 11.5 Å². The largest absolute Gasteiger partial charge is 0.480 e. The highest BCUT2D eigenvalue weighted by atomic mass is 32.1. The van der Waals surface area contributed by atoms with Gasteiger partial charge in [-0.25, -0.2) is 0 Å². The lowest BCUT2D eigenvalue weighted by atomic mass is 10.0. The van der Waals surface area contributed by atoms with E-state index in [1.807, 2.05) is 33.1 Å². The monoisotopic (exact) mass is 255 g/mol. The van der Waals surface area contributed by atoms with Gasteiger partial charge in [0.2, 0.25) is 0 Å². The molecule has 0 aliphatic rings. The van der Waals surface area contributed by atoms with Crippen molar-refractivity contribution in [3.63, 3.8) is 0 Å². The van der Waals surface area contributed by atoms with Gasteiger partial charge in [0.25, 0.3) is 5.91 Å². The summed E-state index contributed by atoms with van der Waals surface area (Å²) in [6.07, 6.45) is 0. The number of carbonyl (C=O) groups is 2. The van der Waals surface area contributed by atoms with Crippen LogP contribution in [0.4, 0.5) is 0 Å². The van der Waals surface area contributed by atoms with Gasteiger partial charge in [0.15, 0.2) is 0 Å². The Hall–Kier alpha value is -1.36. The molecule has 4 nitrogen and oxygen atoms in total. The summed E-state index contributed by atoms with van der Waals surface area (Å²) in [7, 11) is 0. The van der Waals surface area contributed by atoms with Crippen LogP contribution in [-0.2, 0) is 4.79 Å². The molecule has 17 heavy (non-hydrogen) atoms. The van der Waals surface area contributed by atoms with Crippen LogP contribution in [-0.4, -0.2) is 34.0 Å². The fraction of sp³-hybridized carbons (Fsp3) is 0.500. The third-order valence-corrected chi connectivity index (χ3v) is 3.30. The lowest BCUT2D eigenvalue weighted by Gasteiger charge is -2.34. The molecule has 94 valence electrons. The maximum Gasteiger partial charge on any atom is 0.323 e. The van der Waals surface area contributed by atoms with Crippen molar-refractivity contribution < 1.29 is 14.7 Å². The zero-order chi connectivity index (χ0) is 13.2. The van der Waals surface area contributed by atoms with Crippen molar-refractivity contribution in [2.45, 2.75) is 33.2 Å². The third kappa shape index (κ3) is 3.30. The van der Waals surface area contributed by atoms with Gasteiger partial charge >= 0.3 is 5.97 Å². The van der Waals surface area contributed by atoms with Crippen LogP contribution in [0.5, 0.6) is 0 Å². The summed E-state index contributed by atoms with van der Waals surface area (Å²) >= 11 is 1.45. The quantitative estimate of drug-likeness (QED) is 0.902. The molecule has 0 unspecified atom stereocenters. The summed E-state index contributed by atoms with van der Waals surface area (Å²) in [5, 5.41) is 12.5. The van der Waals surface area contributed by atoms with Gasteiger partial charge in [0.05, 0.1) is 5.56 Å². The smallest absolute Gasteiger partial charge is 0.323 e. The molecule has 0 aromatic carbocycles. The zero-order valence-corrected chi connectivity index (χ0v) is 11.3. The SMILES string of the molecule is Cc1cscc1C(=O)N(CC(=O)O)C(C)(C)C. The first kappa shape index (κ1) is 13.7. The van der Waals surface area contributed by atoms with Gasteiger partial charge in [-0.3, -0.25) is 9.59 Å². The molecule has 1 N–H and O–H groups in total. The fourth-order valence-electron chi connectivity index (χ4n) is 1.47. The first-order chi connectivity index (χ1) is 7.73. The molecule has 1 aromatic rings. The number of hydrogen-bond donors (Lipinski definition) is 1. The minimum absolute atomic E-state index is 0.223. The molecule has 0 spiro atoms. The van der Waals surface area contributed by atoms with E-state index in [2.05, 4.69) is 0 Å². The normalized spacial score (nSPS) is 11.3. The van der Waals surface area contributed by atoms with Crippen molar-refractivity contribution in [2.75, 3.05) is 6.54 Å². The van der Waals surface area contributed by atoms with Gasteiger partial charge in [-0.1, -0.05) is 0 Å².